The van der Waals surface area contributed by atoms with Crippen LogP contribution in [-0.2, 0) is 6.54 Å². The lowest BCUT2D eigenvalue weighted by Crippen LogP contribution is -2.29. The van der Waals surface area contributed by atoms with E-state index in [-0.39, 0.29) is 11.3 Å². The number of nitrogen functional groups attached to an aromatic ring is 1. The van der Waals surface area contributed by atoms with Gasteiger partial charge in [0.2, 0.25) is 0 Å². The molecule has 0 unspecified atom stereocenters. The van der Waals surface area contributed by atoms with Crippen LogP contribution in [0.3, 0.4) is 0 Å². The molecule has 2 aromatic carbocycles. The van der Waals surface area contributed by atoms with Crippen molar-refractivity contribution in [1.29, 1.82) is 0 Å². The van der Waals surface area contributed by atoms with Crippen LogP contribution in [0.15, 0.2) is 47.6 Å². The number of thioether (sulfide) groups is 1. The number of nitrogens with zero attached hydrogens (tertiary/aromatic N) is 2. The van der Waals surface area contributed by atoms with Gasteiger partial charge in [0, 0.05) is 17.0 Å². The second kappa shape index (κ2) is 8.78. The molecule has 0 spiro atoms. The maximum absolute atomic E-state index is 12.4. The average Bonchev–Trinajstić information content (AvgIpc) is 3.24. The van der Waals surface area contributed by atoms with E-state index in [1.807, 2.05) is 42.5 Å². The van der Waals surface area contributed by atoms with Crippen LogP contribution in [-0.4, -0.2) is 34.9 Å². The lowest BCUT2D eigenvalue weighted by Gasteiger charge is -2.24. The molecule has 2 aliphatic rings. The Labute approximate surface area is 175 Å². The highest BCUT2D eigenvalue weighted by Crippen LogP contribution is 2.33. The summed E-state index contributed by atoms with van der Waals surface area (Å²) >= 11 is 1.26. The van der Waals surface area contributed by atoms with Crippen molar-refractivity contribution < 1.29 is 14.3 Å². The van der Waals surface area contributed by atoms with E-state index in [0.29, 0.717) is 18.0 Å². The van der Waals surface area contributed by atoms with E-state index in [2.05, 4.69) is 5.10 Å². The van der Waals surface area contributed by atoms with Crippen LogP contribution in [0.2, 0.25) is 0 Å². The number of methoxy groups -OCH3 is 1. The molecule has 1 saturated carbocycles. The Hall–Kier alpha value is -2.67. The topological polar surface area (TPSA) is 77.1 Å². The van der Waals surface area contributed by atoms with Crippen molar-refractivity contribution in [2.75, 3.05) is 18.6 Å². The summed E-state index contributed by atoms with van der Waals surface area (Å²) in [5, 5.41) is 6.09. The third-order valence-electron chi connectivity index (χ3n) is 5.19. The Morgan fingerprint density at radius 1 is 1.14 bits per heavy atom. The number of carbonyl (C=O) groups excluding carboxylic acids is 1. The lowest BCUT2D eigenvalue weighted by atomic mass is 10.1. The number of rotatable bonds is 6. The molecular weight excluding hydrogens is 386 g/mol. The molecule has 1 aliphatic carbocycles. The highest BCUT2D eigenvalue weighted by Gasteiger charge is 2.24. The number of ether oxygens (including phenoxy) is 2. The van der Waals surface area contributed by atoms with Gasteiger partial charge in [-0.3, -0.25) is 4.79 Å². The first-order chi connectivity index (χ1) is 14.1. The Kier molecular flexibility index (Phi) is 5.94. The number of hydrazone groups is 1. The summed E-state index contributed by atoms with van der Waals surface area (Å²) in [6.07, 6.45) is 4.81. The van der Waals surface area contributed by atoms with Crippen LogP contribution in [0.1, 0.15) is 36.8 Å². The smallest absolute Gasteiger partial charge is 0.302 e. The lowest BCUT2D eigenvalue weighted by molar-refractivity contribution is 0.201. The number of anilines is 1. The minimum atomic E-state index is -0.0542. The van der Waals surface area contributed by atoms with Crippen molar-refractivity contribution in [3.8, 4) is 11.5 Å². The number of hydrogen-bond acceptors (Lipinski definition) is 6. The maximum atomic E-state index is 12.4. The van der Waals surface area contributed by atoms with E-state index < -0.39 is 0 Å². The number of hydrogen-bond donors (Lipinski definition) is 1. The number of nitrogens with two attached hydrogens (primary N) is 1. The average molecular weight is 412 g/mol. The Morgan fingerprint density at radius 3 is 2.62 bits per heavy atom. The highest BCUT2D eigenvalue weighted by molar-refractivity contribution is 8.14. The summed E-state index contributed by atoms with van der Waals surface area (Å²) in [7, 11) is 1.65. The quantitative estimate of drug-likeness (QED) is 0.699. The molecule has 152 valence electrons. The summed E-state index contributed by atoms with van der Waals surface area (Å²) in [6, 6.07) is 13.4. The van der Waals surface area contributed by atoms with Crippen molar-refractivity contribution in [3.05, 3.63) is 53.6 Å². The summed E-state index contributed by atoms with van der Waals surface area (Å²) in [6.45, 7) is 0.414. The highest BCUT2D eigenvalue weighted by atomic mass is 32.2. The fraction of sp³-hybridized carbons (Fsp3) is 0.364. The Bertz CT molecular complexity index is 908. The first-order valence-electron chi connectivity index (χ1n) is 9.83. The van der Waals surface area contributed by atoms with Gasteiger partial charge in [-0.15, -0.1) is 0 Å². The molecule has 0 bridgehead atoms. The van der Waals surface area contributed by atoms with Crippen molar-refractivity contribution in [1.82, 2.24) is 5.01 Å². The zero-order valence-corrected chi connectivity index (χ0v) is 17.3. The van der Waals surface area contributed by atoms with Gasteiger partial charge in [-0.1, -0.05) is 23.9 Å². The molecule has 1 heterocycles. The third-order valence-corrected chi connectivity index (χ3v) is 6.06. The van der Waals surface area contributed by atoms with Crippen LogP contribution >= 0.6 is 11.8 Å². The molecule has 1 fully saturated rings. The second-order valence-electron chi connectivity index (χ2n) is 7.29. The molecule has 2 N–H and O–H groups in total. The van der Waals surface area contributed by atoms with Gasteiger partial charge in [0.15, 0.2) is 11.5 Å². The number of amides is 1. The molecule has 7 heteroatoms. The first-order valence-corrected chi connectivity index (χ1v) is 10.8. The van der Waals surface area contributed by atoms with Crippen molar-refractivity contribution in [2.24, 2.45) is 5.10 Å². The molecule has 0 saturated heterocycles. The molecule has 1 amide bonds. The standard InChI is InChI=1S/C22H25N3O3S/c1-27-20-11-8-16(12-21(20)28-18-4-2-3-5-18)19-14-29-22(26)25(24-19)13-15-6-9-17(23)10-7-15/h6-12,18H,2-5,13-14,23H2,1H3. The van der Waals surface area contributed by atoms with Crippen LogP contribution in [0.25, 0.3) is 0 Å². The Balaban J connectivity index is 1.57. The monoisotopic (exact) mass is 411 g/mol. The van der Waals surface area contributed by atoms with Gasteiger partial charge in [-0.2, -0.15) is 5.10 Å². The van der Waals surface area contributed by atoms with Gasteiger partial charge in [0.1, 0.15) is 0 Å². The molecule has 0 aromatic heterocycles. The molecule has 0 radical (unpaired) electrons. The minimum Gasteiger partial charge on any atom is -0.493 e. The third kappa shape index (κ3) is 4.67. The summed E-state index contributed by atoms with van der Waals surface area (Å²) in [5.74, 6) is 2.00. The Morgan fingerprint density at radius 2 is 1.90 bits per heavy atom. The van der Waals surface area contributed by atoms with E-state index in [4.69, 9.17) is 15.2 Å². The zero-order chi connectivity index (χ0) is 20.2. The zero-order valence-electron chi connectivity index (χ0n) is 16.5. The largest absolute Gasteiger partial charge is 0.493 e. The predicted molar refractivity (Wildman–Crippen MR) is 117 cm³/mol. The molecule has 1 aliphatic heterocycles. The van der Waals surface area contributed by atoms with Crippen LogP contribution in [0.4, 0.5) is 10.5 Å². The number of carbonyl (C=O) groups is 1. The van der Waals surface area contributed by atoms with Gasteiger partial charge in [-0.05, 0) is 61.6 Å². The van der Waals surface area contributed by atoms with Crippen molar-refractivity contribution in [2.45, 2.75) is 38.3 Å². The van der Waals surface area contributed by atoms with Crippen LogP contribution in [0, 0.1) is 0 Å². The van der Waals surface area contributed by atoms with Crippen molar-refractivity contribution in [3.63, 3.8) is 0 Å². The van der Waals surface area contributed by atoms with E-state index in [0.717, 1.165) is 41.2 Å². The minimum absolute atomic E-state index is 0.0542. The van der Waals surface area contributed by atoms with Crippen molar-refractivity contribution >= 4 is 28.4 Å². The van der Waals surface area contributed by atoms with Crippen LogP contribution < -0.4 is 15.2 Å². The summed E-state index contributed by atoms with van der Waals surface area (Å²) in [4.78, 5) is 12.4. The fourth-order valence-electron chi connectivity index (χ4n) is 3.59. The van der Waals surface area contributed by atoms with Crippen LogP contribution in [0.5, 0.6) is 11.5 Å². The second-order valence-corrected chi connectivity index (χ2v) is 8.22. The van der Waals surface area contributed by atoms with Gasteiger partial charge in [0.05, 0.1) is 25.5 Å². The first kappa shape index (κ1) is 19.6. The van der Waals surface area contributed by atoms with Gasteiger partial charge >= 0.3 is 5.24 Å². The summed E-state index contributed by atoms with van der Waals surface area (Å²) < 4.78 is 11.7. The molecule has 4 rings (SSSR count). The SMILES string of the molecule is COc1ccc(C2=NN(Cc3ccc(N)cc3)C(=O)SC2)cc1OC1CCCC1. The fourth-order valence-corrected chi connectivity index (χ4v) is 4.33. The van der Waals surface area contributed by atoms with E-state index in [1.165, 1.54) is 29.6 Å². The predicted octanol–water partition coefficient (Wildman–Crippen LogP) is 4.67. The molecular formula is C22H25N3O3S. The maximum Gasteiger partial charge on any atom is 0.302 e. The van der Waals surface area contributed by atoms with E-state index in [1.54, 1.807) is 7.11 Å². The molecule has 2 aromatic rings. The van der Waals surface area contributed by atoms with Gasteiger partial charge in [-0.25, -0.2) is 5.01 Å². The molecule has 0 atom stereocenters. The number of benzene rings is 2. The van der Waals surface area contributed by atoms with E-state index in [9.17, 15) is 4.79 Å². The summed E-state index contributed by atoms with van der Waals surface area (Å²) in [5.41, 5.74) is 9.23. The normalized spacial score (nSPS) is 17.3. The van der Waals surface area contributed by atoms with Gasteiger partial charge in [0.25, 0.3) is 0 Å². The molecule has 29 heavy (non-hydrogen) atoms. The van der Waals surface area contributed by atoms with E-state index >= 15 is 0 Å². The molecule has 6 nitrogen and oxygen atoms in total. The van der Waals surface area contributed by atoms with Gasteiger partial charge < -0.3 is 15.2 Å².